The third-order valence-electron chi connectivity index (χ3n) is 4.05. The molecule has 1 heteroatoms. The van der Waals surface area contributed by atoms with Gasteiger partial charge in [0.05, 0.1) is 0 Å². The van der Waals surface area contributed by atoms with Gasteiger partial charge in [0, 0.05) is 12.0 Å². The van der Waals surface area contributed by atoms with Crippen molar-refractivity contribution in [2.75, 3.05) is 13.1 Å². The van der Waals surface area contributed by atoms with Gasteiger partial charge in [-0.1, -0.05) is 50.3 Å². The third-order valence-corrected chi connectivity index (χ3v) is 4.05. The Morgan fingerprint density at radius 3 is 2.22 bits per heavy atom. The first-order valence-electron chi connectivity index (χ1n) is 7.15. The number of likely N-dealkylation sites (tertiary alicyclic amines) is 1. The van der Waals surface area contributed by atoms with Gasteiger partial charge in [-0.3, -0.25) is 4.90 Å². The van der Waals surface area contributed by atoms with E-state index < -0.39 is 0 Å². The van der Waals surface area contributed by atoms with Crippen molar-refractivity contribution >= 4 is 0 Å². The summed E-state index contributed by atoms with van der Waals surface area (Å²) in [5, 5.41) is 0. The van der Waals surface area contributed by atoms with Crippen LogP contribution in [-0.2, 0) is 0 Å². The Morgan fingerprint density at radius 2 is 1.72 bits per heavy atom. The molecule has 0 aliphatic carbocycles. The summed E-state index contributed by atoms with van der Waals surface area (Å²) in [6.07, 6.45) is 4.84. The predicted octanol–water partition coefficient (Wildman–Crippen LogP) is 4.08. The standard InChI is InChI=1S/C17H25N/c1-4-16(15-10-6-5-7-11-15)17(14(2)3)18-12-8-9-13-18/h4-7,10-11,14,16-17H,1,8-9,12-13H2,2-3H3/t16-,17-/m0/s1. The molecule has 0 aromatic heterocycles. The van der Waals surface area contributed by atoms with Crippen molar-refractivity contribution in [2.45, 2.75) is 38.6 Å². The summed E-state index contributed by atoms with van der Waals surface area (Å²) in [4.78, 5) is 2.66. The second-order valence-electron chi connectivity index (χ2n) is 5.65. The minimum atomic E-state index is 0.448. The van der Waals surface area contributed by atoms with Gasteiger partial charge in [0.15, 0.2) is 0 Å². The summed E-state index contributed by atoms with van der Waals surface area (Å²) in [5.41, 5.74) is 1.40. The van der Waals surface area contributed by atoms with E-state index in [0.29, 0.717) is 17.9 Å². The van der Waals surface area contributed by atoms with Crippen LogP contribution in [0.4, 0.5) is 0 Å². The molecule has 2 atom stereocenters. The number of nitrogens with zero attached hydrogens (tertiary/aromatic N) is 1. The normalized spacial score (nSPS) is 19.9. The summed E-state index contributed by atoms with van der Waals surface area (Å²) in [7, 11) is 0. The summed E-state index contributed by atoms with van der Waals surface area (Å²) < 4.78 is 0. The summed E-state index contributed by atoms with van der Waals surface area (Å²) in [6, 6.07) is 11.4. The molecule has 1 heterocycles. The largest absolute Gasteiger partial charge is 0.299 e. The Kier molecular flexibility index (Phi) is 4.60. The monoisotopic (exact) mass is 243 g/mol. The van der Waals surface area contributed by atoms with E-state index >= 15 is 0 Å². The highest BCUT2D eigenvalue weighted by molar-refractivity contribution is 5.25. The molecule has 0 amide bonds. The number of benzene rings is 1. The van der Waals surface area contributed by atoms with Crippen molar-refractivity contribution in [2.24, 2.45) is 5.92 Å². The molecule has 98 valence electrons. The Morgan fingerprint density at radius 1 is 1.11 bits per heavy atom. The zero-order valence-corrected chi connectivity index (χ0v) is 11.7. The molecule has 1 aromatic carbocycles. The molecule has 0 radical (unpaired) electrons. The second kappa shape index (κ2) is 6.19. The van der Waals surface area contributed by atoms with Crippen molar-refractivity contribution in [1.29, 1.82) is 0 Å². The Hall–Kier alpha value is -1.08. The highest BCUT2D eigenvalue weighted by Crippen LogP contribution is 2.31. The van der Waals surface area contributed by atoms with E-state index in [9.17, 15) is 0 Å². The van der Waals surface area contributed by atoms with E-state index in [2.05, 4.69) is 61.7 Å². The average molecular weight is 243 g/mol. The molecule has 1 nitrogen and oxygen atoms in total. The fourth-order valence-corrected chi connectivity index (χ4v) is 3.25. The van der Waals surface area contributed by atoms with Crippen LogP contribution < -0.4 is 0 Å². The van der Waals surface area contributed by atoms with Gasteiger partial charge < -0.3 is 0 Å². The van der Waals surface area contributed by atoms with Gasteiger partial charge >= 0.3 is 0 Å². The Balaban J connectivity index is 2.24. The smallest absolute Gasteiger partial charge is 0.0222 e. The molecule has 1 saturated heterocycles. The molecule has 1 fully saturated rings. The summed E-state index contributed by atoms with van der Waals surface area (Å²) in [6.45, 7) is 11.3. The van der Waals surface area contributed by atoms with Gasteiger partial charge in [0.25, 0.3) is 0 Å². The molecule has 0 bridgehead atoms. The zero-order chi connectivity index (χ0) is 13.0. The zero-order valence-electron chi connectivity index (χ0n) is 11.7. The molecule has 1 aliphatic heterocycles. The van der Waals surface area contributed by atoms with Crippen LogP contribution in [0.3, 0.4) is 0 Å². The summed E-state index contributed by atoms with van der Waals surface area (Å²) >= 11 is 0. The first-order chi connectivity index (χ1) is 8.74. The lowest BCUT2D eigenvalue weighted by atomic mass is 9.84. The van der Waals surface area contributed by atoms with Crippen molar-refractivity contribution < 1.29 is 0 Å². The Bertz CT molecular complexity index is 362. The van der Waals surface area contributed by atoms with E-state index in [1.54, 1.807) is 0 Å². The topological polar surface area (TPSA) is 3.24 Å². The quantitative estimate of drug-likeness (QED) is 0.704. The fraction of sp³-hybridized carbons (Fsp3) is 0.529. The number of hydrogen-bond donors (Lipinski definition) is 0. The number of hydrogen-bond acceptors (Lipinski definition) is 1. The Labute approximate surface area is 112 Å². The maximum absolute atomic E-state index is 4.09. The van der Waals surface area contributed by atoms with Crippen molar-refractivity contribution in [3.05, 3.63) is 48.6 Å². The van der Waals surface area contributed by atoms with E-state index in [0.717, 1.165) is 0 Å². The van der Waals surface area contributed by atoms with Crippen molar-refractivity contribution in [3.8, 4) is 0 Å². The molecule has 0 N–H and O–H groups in total. The molecule has 1 aliphatic rings. The van der Waals surface area contributed by atoms with Gasteiger partial charge in [0.2, 0.25) is 0 Å². The SMILES string of the molecule is C=C[C@@H](c1ccccc1)[C@H](C(C)C)N1CCCC1. The maximum Gasteiger partial charge on any atom is 0.0222 e. The first-order valence-corrected chi connectivity index (χ1v) is 7.15. The minimum Gasteiger partial charge on any atom is -0.299 e. The van der Waals surface area contributed by atoms with Crippen LogP contribution in [0.5, 0.6) is 0 Å². The molecule has 0 saturated carbocycles. The lowest BCUT2D eigenvalue weighted by molar-refractivity contribution is 0.175. The predicted molar refractivity (Wildman–Crippen MR) is 78.8 cm³/mol. The highest BCUT2D eigenvalue weighted by Gasteiger charge is 2.30. The lowest BCUT2D eigenvalue weighted by Crippen LogP contribution is -2.40. The van der Waals surface area contributed by atoms with Crippen LogP contribution in [0.2, 0.25) is 0 Å². The van der Waals surface area contributed by atoms with Crippen LogP contribution in [-0.4, -0.2) is 24.0 Å². The number of rotatable bonds is 5. The minimum absolute atomic E-state index is 0.448. The average Bonchev–Trinajstić information content (AvgIpc) is 2.89. The second-order valence-corrected chi connectivity index (χ2v) is 5.65. The van der Waals surface area contributed by atoms with E-state index in [4.69, 9.17) is 0 Å². The van der Waals surface area contributed by atoms with Crippen LogP contribution in [0.1, 0.15) is 38.2 Å². The van der Waals surface area contributed by atoms with Gasteiger partial charge in [-0.2, -0.15) is 0 Å². The van der Waals surface area contributed by atoms with Crippen molar-refractivity contribution in [1.82, 2.24) is 4.90 Å². The molecule has 18 heavy (non-hydrogen) atoms. The molecular weight excluding hydrogens is 218 g/mol. The fourth-order valence-electron chi connectivity index (χ4n) is 3.25. The van der Waals surface area contributed by atoms with Crippen LogP contribution >= 0.6 is 0 Å². The molecule has 0 unspecified atom stereocenters. The highest BCUT2D eigenvalue weighted by atomic mass is 15.2. The van der Waals surface area contributed by atoms with Gasteiger partial charge in [-0.05, 0) is 37.4 Å². The van der Waals surface area contributed by atoms with Gasteiger partial charge in [-0.25, -0.2) is 0 Å². The first kappa shape index (κ1) is 13.4. The van der Waals surface area contributed by atoms with E-state index in [-0.39, 0.29) is 0 Å². The van der Waals surface area contributed by atoms with Crippen LogP contribution in [0.15, 0.2) is 43.0 Å². The van der Waals surface area contributed by atoms with Crippen LogP contribution in [0, 0.1) is 5.92 Å². The van der Waals surface area contributed by atoms with E-state index in [1.807, 2.05) is 0 Å². The van der Waals surface area contributed by atoms with Gasteiger partial charge in [-0.15, -0.1) is 6.58 Å². The third kappa shape index (κ3) is 2.84. The summed E-state index contributed by atoms with van der Waals surface area (Å²) in [5.74, 6) is 1.11. The van der Waals surface area contributed by atoms with Crippen LogP contribution in [0.25, 0.3) is 0 Å². The molecule has 1 aromatic rings. The molecule has 2 rings (SSSR count). The lowest BCUT2D eigenvalue weighted by Gasteiger charge is -2.36. The maximum atomic E-state index is 4.09. The molecule has 0 spiro atoms. The molecular formula is C17H25N. The van der Waals surface area contributed by atoms with Crippen molar-refractivity contribution in [3.63, 3.8) is 0 Å². The van der Waals surface area contributed by atoms with Gasteiger partial charge in [0.1, 0.15) is 0 Å². The van der Waals surface area contributed by atoms with E-state index in [1.165, 1.54) is 31.5 Å².